The number of hydrogen-bond donors (Lipinski definition) is 1. The third-order valence-corrected chi connectivity index (χ3v) is 4.89. The van der Waals surface area contributed by atoms with Crippen LogP contribution in [0.1, 0.15) is 16.1 Å². The molecule has 0 spiro atoms. The second kappa shape index (κ2) is 7.13. The summed E-state index contributed by atoms with van der Waals surface area (Å²) >= 11 is 1.37. The van der Waals surface area contributed by atoms with Crippen molar-refractivity contribution in [1.82, 2.24) is 9.97 Å². The number of anilines is 1. The molecule has 0 fully saturated rings. The number of aromatic nitrogens is 2. The summed E-state index contributed by atoms with van der Waals surface area (Å²) in [4.78, 5) is 33.3. The van der Waals surface area contributed by atoms with Crippen molar-refractivity contribution in [3.8, 4) is 0 Å². The fourth-order valence-corrected chi connectivity index (χ4v) is 3.65. The second-order valence-electron chi connectivity index (χ2n) is 5.94. The first-order valence-electron chi connectivity index (χ1n) is 8.29. The van der Waals surface area contributed by atoms with Gasteiger partial charge >= 0.3 is 5.97 Å². The number of para-hydroxylation sites is 2. The third-order valence-electron chi connectivity index (χ3n) is 3.94. The Morgan fingerprint density at radius 2 is 1.78 bits per heavy atom. The molecule has 0 saturated carbocycles. The molecule has 0 aliphatic heterocycles. The highest BCUT2D eigenvalue weighted by Crippen LogP contribution is 2.25. The highest BCUT2D eigenvalue weighted by atomic mass is 32.1. The van der Waals surface area contributed by atoms with Crippen molar-refractivity contribution in [2.75, 3.05) is 11.9 Å². The van der Waals surface area contributed by atoms with Crippen LogP contribution >= 0.6 is 11.3 Å². The lowest BCUT2D eigenvalue weighted by Gasteiger charge is -2.08. The number of thiazole rings is 1. The van der Waals surface area contributed by atoms with Crippen LogP contribution in [0.3, 0.4) is 0 Å². The number of esters is 1. The van der Waals surface area contributed by atoms with Gasteiger partial charge in [-0.2, -0.15) is 0 Å². The maximum absolute atomic E-state index is 12.5. The second-order valence-corrected chi connectivity index (χ2v) is 6.97. The number of carbonyl (C=O) groups is 2. The van der Waals surface area contributed by atoms with Gasteiger partial charge in [0.2, 0.25) is 0 Å². The van der Waals surface area contributed by atoms with Crippen LogP contribution in [0.25, 0.3) is 21.1 Å². The van der Waals surface area contributed by atoms with Gasteiger partial charge in [0.15, 0.2) is 11.7 Å². The first-order chi connectivity index (χ1) is 13.1. The smallest absolute Gasteiger partial charge is 0.339 e. The van der Waals surface area contributed by atoms with Gasteiger partial charge in [-0.1, -0.05) is 41.7 Å². The van der Waals surface area contributed by atoms with E-state index in [1.54, 1.807) is 12.1 Å². The van der Waals surface area contributed by atoms with E-state index in [4.69, 9.17) is 4.74 Å². The van der Waals surface area contributed by atoms with Gasteiger partial charge in [0.25, 0.3) is 5.91 Å². The van der Waals surface area contributed by atoms with Crippen molar-refractivity contribution in [2.45, 2.75) is 6.92 Å². The summed E-state index contributed by atoms with van der Waals surface area (Å²) in [7, 11) is 0. The molecule has 0 radical (unpaired) electrons. The zero-order valence-electron chi connectivity index (χ0n) is 14.4. The zero-order chi connectivity index (χ0) is 18.8. The summed E-state index contributed by atoms with van der Waals surface area (Å²) in [5, 5.41) is 3.83. The van der Waals surface area contributed by atoms with E-state index in [2.05, 4.69) is 15.3 Å². The van der Waals surface area contributed by atoms with E-state index in [1.165, 1.54) is 11.3 Å². The molecular weight excluding hydrogens is 362 g/mol. The molecule has 0 saturated heterocycles. The molecule has 0 unspecified atom stereocenters. The molecule has 27 heavy (non-hydrogen) atoms. The maximum Gasteiger partial charge on any atom is 0.339 e. The number of rotatable bonds is 4. The number of benzene rings is 2. The lowest BCUT2D eigenvalue weighted by Crippen LogP contribution is -2.21. The number of hydrogen-bond acceptors (Lipinski definition) is 6. The van der Waals surface area contributed by atoms with Crippen LogP contribution in [0.5, 0.6) is 0 Å². The number of nitrogens with zero attached hydrogens (tertiary/aromatic N) is 2. The molecule has 2 aromatic carbocycles. The number of ether oxygens (including phenoxy) is 1. The average molecular weight is 377 g/mol. The minimum absolute atomic E-state index is 0.384. The fraction of sp³-hybridized carbons (Fsp3) is 0.100. The van der Waals surface area contributed by atoms with Gasteiger partial charge in [-0.15, -0.1) is 0 Å². The van der Waals surface area contributed by atoms with Crippen molar-refractivity contribution in [2.24, 2.45) is 0 Å². The molecule has 2 aromatic heterocycles. The lowest BCUT2D eigenvalue weighted by atomic mass is 10.1. The Morgan fingerprint density at radius 1 is 1.04 bits per heavy atom. The van der Waals surface area contributed by atoms with E-state index in [0.717, 1.165) is 10.2 Å². The summed E-state index contributed by atoms with van der Waals surface area (Å²) in [6.45, 7) is 1.42. The van der Waals surface area contributed by atoms with Crippen molar-refractivity contribution in [3.63, 3.8) is 0 Å². The van der Waals surface area contributed by atoms with Crippen LogP contribution in [0.2, 0.25) is 0 Å². The van der Waals surface area contributed by atoms with E-state index in [1.807, 2.05) is 49.4 Å². The summed E-state index contributed by atoms with van der Waals surface area (Å²) in [6.07, 6.45) is 0. The largest absolute Gasteiger partial charge is 0.452 e. The molecule has 6 nitrogen and oxygen atoms in total. The number of pyridine rings is 1. The number of amides is 1. The Hall–Kier alpha value is -3.32. The van der Waals surface area contributed by atoms with E-state index >= 15 is 0 Å². The third kappa shape index (κ3) is 3.63. The van der Waals surface area contributed by atoms with Crippen LogP contribution in [0.15, 0.2) is 54.6 Å². The monoisotopic (exact) mass is 377 g/mol. The SMILES string of the molecule is Cc1cc(C(=O)OCC(=O)Nc2nc3ccccc3s2)c2ccccc2n1. The number of fused-ring (bicyclic) bond motifs is 2. The molecule has 2 heterocycles. The zero-order valence-corrected chi connectivity index (χ0v) is 15.2. The van der Waals surface area contributed by atoms with Gasteiger partial charge in [0.05, 0.1) is 21.3 Å². The van der Waals surface area contributed by atoms with Crippen LogP contribution in [-0.4, -0.2) is 28.5 Å². The molecule has 134 valence electrons. The number of nitrogens with one attached hydrogen (secondary N) is 1. The van der Waals surface area contributed by atoms with Crippen molar-refractivity contribution < 1.29 is 14.3 Å². The summed E-state index contributed by atoms with van der Waals surface area (Å²) in [5.74, 6) is -0.992. The number of carbonyl (C=O) groups excluding carboxylic acids is 2. The first-order valence-corrected chi connectivity index (χ1v) is 9.11. The van der Waals surface area contributed by atoms with Gasteiger partial charge in [0, 0.05) is 11.1 Å². The summed E-state index contributed by atoms with van der Waals surface area (Å²) < 4.78 is 6.17. The molecule has 1 amide bonds. The van der Waals surface area contributed by atoms with Crippen molar-refractivity contribution in [3.05, 3.63) is 65.9 Å². The van der Waals surface area contributed by atoms with Gasteiger partial charge in [-0.3, -0.25) is 15.1 Å². The minimum atomic E-state index is -0.559. The number of aryl methyl sites for hydroxylation is 1. The Morgan fingerprint density at radius 3 is 2.59 bits per heavy atom. The molecule has 0 aliphatic rings. The normalized spacial score (nSPS) is 10.9. The Kier molecular flexibility index (Phi) is 4.52. The molecule has 7 heteroatoms. The van der Waals surface area contributed by atoms with Crippen molar-refractivity contribution >= 4 is 49.5 Å². The van der Waals surface area contributed by atoms with Gasteiger partial charge in [-0.25, -0.2) is 9.78 Å². The maximum atomic E-state index is 12.5. The predicted molar refractivity (Wildman–Crippen MR) is 105 cm³/mol. The lowest BCUT2D eigenvalue weighted by molar-refractivity contribution is -0.119. The standard InChI is InChI=1S/C20H15N3O3S/c1-12-10-14(13-6-2-3-7-15(13)21-12)19(25)26-11-18(24)23-20-22-16-8-4-5-9-17(16)27-20/h2-10H,11H2,1H3,(H,22,23,24). The van der Waals surface area contributed by atoms with E-state index in [-0.39, 0.29) is 6.61 Å². The average Bonchev–Trinajstić information content (AvgIpc) is 3.07. The van der Waals surface area contributed by atoms with Crippen LogP contribution in [0.4, 0.5) is 5.13 Å². The van der Waals surface area contributed by atoms with Crippen LogP contribution in [0, 0.1) is 6.92 Å². The summed E-state index contributed by atoms with van der Waals surface area (Å²) in [6, 6.07) is 16.6. The van der Waals surface area contributed by atoms with Crippen molar-refractivity contribution in [1.29, 1.82) is 0 Å². The highest BCUT2D eigenvalue weighted by Gasteiger charge is 2.15. The topological polar surface area (TPSA) is 81.2 Å². The summed E-state index contributed by atoms with van der Waals surface area (Å²) in [5.41, 5.74) is 2.63. The molecule has 1 N–H and O–H groups in total. The molecule has 4 aromatic rings. The fourth-order valence-electron chi connectivity index (χ4n) is 2.77. The highest BCUT2D eigenvalue weighted by molar-refractivity contribution is 7.22. The molecule has 0 atom stereocenters. The quantitative estimate of drug-likeness (QED) is 0.545. The molecule has 0 bridgehead atoms. The van der Waals surface area contributed by atoms with Crippen LogP contribution < -0.4 is 5.32 Å². The molecular formula is C20H15N3O3S. The Balaban J connectivity index is 1.45. The predicted octanol–water partition coefficient (Wildman–Crippen LogP) is 3.95. The molecule has 0 aliphatic carbocycles. The minimum Gasteiger partial charge on any atom is -0.452 e. The van der Waals surface area contributed by atoms with E-state index < -0.39 is 11.9 Å². The van der Waals surface area contributed by atoms with Gasteiger partial charge in [0.1, 0.15) is 0 Å². The van der Waals surface area contributed by atoms with Gasteiger partial charge in [-0.05, 0) is 31.2 Å². The van der Waals surface area contributed by atoms with E-state index in [9.17, 15) is 9.59 Å². The van der Waals surface area contributed by atoms with E-state index in [0.29, 0.717) is 27.3 Å². The Bertz CT molecular complexity index is 1140. The first kappa shape index (κ1) is 17.1. The van der Waals surface area contributed by atoms with Gasteiger partial charge < -0.3 is 4.74 Å². The molecule has 4 rings (SSSR count). The van der Waals surface area contributed by atoms with Crippen LogP contribution in [-0.2, 0) is 9.53 Å². The Labute approximate surface area is 158 Å².